The Hall–Kier alpha value is -1.62. The van der Waals surface area contributed by atoms with Crippen molar-refractivity contribution in [2.24, 2.45) is 0 Å². The number of rotatable bonds is 2. The number of anilines is 1. The quantitative estimate of drug-likeness (QED) is 0.924. The van der Waals surface area contributed by atoms with Gasteiger partial charge in [0.2, 0.25) is 0 Å². The van der Waals surface area contributed by atoms with E-state index in [9.17, 15) is 4.79 Å². The van der Waals surface area contributed by atoms with E-state index in [1.54, 1.807) is 12.3 Å². The fourth-order valence-corrected chi connectivity index (χ4v) is 1.89. The minimum atomic E-state index is -0.287. The van der Waals surface area contributed by atoms with E-state index in [2.05, 4.69) is 26.2 Å². The molecular formula is C12H11BrN2O2. The second-order valence-electron chi connectivity index (χ2n) is 3.71. The monoisotopic (exact) mass is 294 g/mol. The van der Waals surface area contributed by atoms with E-state index in [-0.39, 0.29) is 5.91 Å². The lowest BCUT2D eigenvalue weighted by atomic mass is 10.2. The molecular weight excluding hydrogens is 284 g/mol. The van der Waals surface area contributed by atoms with Gasteiger partial charge in [-0.2, -0.15) is 0 Å². The highest BCUT2D eigenvalue weighted by atomic mass is 79.9. The fraction of sp³-hybridized carbons (Fsp3) is 0.167. The Morgan fingerprint density at radius 3 is 2.76 bits per heavy atom. The van der Waals surface area contributed by atoms with E-state index in [1.165, 1.54) is 6.26 Å². The van der Waals surface area contributed by atoms with E-state index in [0.717, 1.165) is 15.6 Å². The standard InChI is InChI=1S/C12H11BrN2O2/c1-7-3-4-17-10(7)12(16)15-11-8(2)5-9(13)6-14-11/h3-6H,1-2H3,(H,14,15,16). The number of aryl methyl sites for hydroxylation is 2. The Labute approximate surface area is 107 Å². The van der Waals surface area contributed by atoms with Crippen molar-refractivity contribution in [3.8, 4) is 0 Å². The Balaban J connectivity index is 2.22. The highest BCUT2D eigenvalue weighted by molar-refractivity contribution is 9.10. The molecule has 0 atom stereocenters. The third kappa shape index (κ3) is 2.55. The topological polar surface area (TPSA) is 55.1 Å². The predicted molar refractivity (Wildman–Crippen MR) is 68.1 cm³/mol. The van der Waals surface area contributed by atoms with Crippen molar-refractivity contribution >= 4 is 27.7 Å². The Kier molecular flexibility index (Phi) is 3.28. The van der Waals surface area contributed by atoms with Gasteiger partial charge in [0.25, 0.3) is 5.91 Å². The summed E-state index contributed by atoms with van der Waals surface area (Å²) in [5.41, 5.74) is 1.69. The van der Waals surface area contributed by atoms with Crippen molar-refractivity contribution < 1.29 is 9.21 Å². The largest absolute Gasteiger partial charge is 0.459 e. The zero-order valence-electron chi connectivity index (χ0n) is 9.45. The van der Waals surface area contributed by atoms with E-state index < -0.39 is 0 Å². The third-order valence-electron chi connectivity index (χ3n) is 2.35. The number of aromatic nitrogens is 1. The van der Waals surface area contributed by atoms with Gasteiger partial charge in [0.1, 0.15) is 5.82 Å². The van der Waals surface area contributed by atoms with E-state index >= 15 is 0 Å². The van der Waals surface area contributed by atoms with Crippen LogP contribution in [0.15, 0.2) is 33.5 Å². The minimum Gasteiger partial charge on any atom is -0.459 e. The lowest BCUT2D eigenvalue weighted by molar-refractivity contribution is 0.0995. The molecule has 2 aromatic rings. The number of carbonyl (C=O) groups excluding carboxylic acids is 1. The molecule has 0 aliphatic heterocycles. The first-order chi connectivity index (χ1) is 8.08. The van der Waals surface area contributed by atoms with Crippen molar-refractivity contribution in [3.63, 3.8) is 0 Å². The van der Waals surface area contributed by atoms with Crippen molar-refractivity contribution in [2.45, 2.75) is 13.8 Å². The molecule has 2 heterocycles. The molecule has 0 spiro atoms. The molecule has 88 valence electrons. The molecule has 0 radical (unpaired) electrons. The molecule has 0 aliphatic carbocycles. The second kappa shape index (κ2) is 4.71. The van der Waals surface area contributed by atoms with Gasteiger partial charge in [-0.3, -0.25) is 4.79 Å². The molecule has 0 saturated carbocycles. The van der Waals surface area contributed by atoms with Crippen LogP contribution in [0, 0.1) is 13.8 Å². The van der Waals surface area contributed by atoms with Gasteiger partial charge in [-0.05, 0) is 47.5 Å². The summed E-state index contributed by atoms with van der Waals surface area (Å²) in [6, 6.07) is 3.63. The van der Waals surface area contributed by atoms with Gasteiger partial charge >= 0.3 is 0 Å². The van der Waals surface area contributed by atoms with Crippen LogP contribution < -0.4 is 5.32 Å². The lowest BCUT2D eigenvalue weighted by Crippen LogP contribution is -2.14. The normalized spacial score (nSPS) is 10.3. The van der Waals surface area contributed by atoms with Gasteiger partial charge in [-0.1, -0.05) is 0 Å². The molecule has 0 unspecified atom stereocenters. The van der Waals surface area contributed by atoms with E-state index in [4.69, 9.17) is 4.42 Å². The van der Waals surface area contributed by atoms with Crippen LogP contribution in [0.25, 0.3) is 0 Å². The summed E-state index contributed by atoms with van der Waals surface area (Å²) in [6.45, 7) is 3.70. The van der Waals surface area contributed by atoms with Gasteiger partial charge in [0.15, 0.2) is 5.76 Å². The molecule has 2 rings (SSSR count). The molecule has 0 saturated heterocycles. The van der Waals surface area contributed by atoms with Crippen LogP contribution >= 0.6 is 15.9 Å². The van der Waals surface area contributed by atoms with Crippen LogP contribution in [-0.2, 0) is 0 Å². The zero-order valence-corrected chi connectivity index (χ0v) is 11.0. The first kappa shape index (κ1) is 11.9. The van der Waals surface area contributed by atoms with Crippen molar-refractivity contribution in [1.82, 2.24) is 4.98 Å². The van der Waals surface area contributed by atoms with Gasteiger partial charge in [0.05, 0.1) is 6.26 Å². The van der Waals surface area contributed by atoms with E-state index in [1.807, 2.05) is 19.9 Å². The molecule has 1 amide bonds. The molecule has 0 aromatic carbocycles. The average Bonchev–Trinajstić information content (AvgIpc) is 2.68. The number of furan rings is 1. The SMILES string of the molecule is Cc1cc(Br)cnc1NC(=O)c1occc1C. The lowest BCUT2D eigenvalue weighted by Gasteiger charge is -2.06. The minimum absolute atomic E-state index is 0.287. The van der Waals surface area contributed by atoms with Crippen LogP contribution in [0.3, 0.4) is 0 Å². The van der Waals surface area contributed by atoms with E-state index in [0.29, 0.717) is 11.6 Å². The highest BCUT2D eigenvalue weighted by Crippen LogP contribution is 2.18. The van der Waals surface area contributed by atoms with Crippen molar-refractivity contribution in [1.29, 1.82) is 0 Å². The first-order valence-electron chi connectivity index (χ1n) is 5.05. The Bertz CT molecular complexity index is 563. The summed E-state index contributed by atoms with van der Waals surface area (Å²) >= 11 is 3.32. The molecule has 17 heavy (non-hydrogen) atoms. The number of amides is 1. The van der Waals surface area contributed by atoms with Crippen molar-refractivity contribution in [2.75, 3.05) is 5.32 Å². The zero-order chi connectivity index (χ0) is 12.4. The number of nitrogens with one attached hydrogen (secondary N) is 1. The maximum Gasteiger partial charge on any atom is 0.292 e. The Morgan fingerprint density at radius 2 is 2.18 bits per heavy atom. The maximum absolute atomic E-state index is 11.9. The molecule has 1 N–H and O–H groups in total. The van der Waals surface area contributed by atoms with Gasteiger partial charge in [-0.25, -0.2) is 4.98 Å². The van der Waals surface area contributed by atoms with Crippen LogP contribution in [-0.4, -0.2) is 10.9 Å². The number of hydrogen-bond acceptors (Lipinski definition) is 3. The van der Waals surface area contributed by atoms with Crippen LogP contribution in [0.2, 0.25) is 0 Å². The summed E-state index contributed by atoms with van der Waals surface area (Å²) < 4.78 is 5.99. The molecule has 0 fully saturated rings. The summed E-state index contributed by atoms with van der Waals surface area (Å²) in [5.74, 6) is 0.563. The van der Waals surface area contributed by atoms with Gasteiger partial charge in [0, 0.05) is 16.2 Å². The fourth-order valence-electron chi connectivity index (χ4n) is 1.44. The van der Waals surface area contributed by atoms with Crippen LogP contribution in [0.1, 0.15) is 21.7 Å². The number of nitrogens with zero attached hydrogens (tertiary/aromatic N) is 1. The Morgan fingerprint density at radius 1 is 1.41 bits per heavy atom. The number of pyridine rings is 1. The smallest absolute Gasteiger partial charge is 0.292 e. The third-order valence-corrected chi connectivity index (χ3v) is 2.78. The molecule has 0 bridgehead atoms. The number of carbonyl (C=O) groups is 1. The summed E-state index contributed by atoms with van der Waals surface area (Å²) in [7, 11) is 0. The number of halogens is 1. The maximum atomic E-state index is 11.9. The molecule has 5 heteroatoms. The molecule has 2 aromatic heterocycles. The summed E-state index contributed by atoms with van der Waals surface area (Å²) in [4.78, 5) is 16.0. The summed E-state index contributed by atoms with van der Waals surface area (Å²) in [5, 5.41) is 2.72. The second-order valence-corrected chi connectivity index (χ2v) is 4.62. The van der Waals surface area contributed by atoms with Crippen molar-refractivity contribution in [3.05, 3.63) is 46.0 Å². The predicted octanol–water partition coefficient (Wildman–Crippen LogP) is 3.31. The molecule has 0 aliphatic rings. The first-order valence-corrected chi connectivity index (χ1v) is 5.85. The number of hydrogen-bond donors (Lipinski definition) is 1. The van der Waals surface area contributed by atoms with Gasteiger partial charge in [-0.15, -0.1) is 0 Å². The van der Waals surface area contributed by atoms with Gasteiger partial charge < -0.3 is 9.73 Å². The highest BCUT2D eigenvalue weighted by Gasteiger charge is 2.14. The van der Waals surface area contributed by atoms with Crippen LogP contribution in [0.5, 0.6) is 0 Å². The summed E-state index contributed by atoms with van der Waals surface area (Å²) in [6.07, 6.45) is 3.13. The van der Waals surface area contributed by atoms with Crippen LogP contribution in [0.4, 0.5) is 5.82 Å². The average molecular weight is 295 g/mol. The molecule has 4 nitrogen and oxygen atoms in total.